The maximum absolute atomic E-state index is 11.8. The van der Waals surface area contributed by atoms with Crippen molar-refractivity contribution in [2.45, 2.75) is 6.92 Å². The fraction of sp³-hybridized carbons (Fsp3) is 0.0909. The van der Waals surface area contributed by atoms with Gasteiger partial charge in [-0.05, 0) is 30.7 Å². The Kier molecular flexibility index (Phi) is 2.59. The molecule has 0 radical (unpaired) electrons. The summed E-state index contributed by atoms with van der Waals surface area (Å²) in [6, 6.07) is 4.61. The van der Waals surface area contributed by atoms with Gasteiger partial charge >= 0.3 is 0 Å². The number of aryl methyl sites for hydroxylation is 1. The molecular weight excluding hydrogens is 206 g/mol. The highest BCUT2D eigenvalue weighted by atomic mass is 16.3. The molecule has 0 fully saturated rings. The summed E-state index contributed by atoms with van der Waals surface area (Å²) in [5.41, 5.74) is 1.86. The number of hydrogen-bond acceptors (Lipinski definition) is 3. The van der Waals surface area contributed by atoms with E-state index in [4.69, 9.17) is 0 Å². The Morgan fingerprint density at radius 3 is 2.94 bits per heavy atom. The summed E-state index contributed by atoms with van der Waals surface area (Å²) >= 11 is 0. The Morgan fingerprint density at radius 1 is 1.50 bits per heavy atom. The van der Waals surface area contributed by atoms with Crippen LogP contribution in [0.15, 0.2) is 30.6 Å². The number of benzene rings is 1. The number of rotatable bonds is 2. The number of phenolic OH excluding ortho intramolecular Hbond substituents is 1. The van der Waals surface area contributed by atoms with Crippen LogP contribution in [0.25, 0.3) is 0 Å². The number of aromatic nitrogens is 2. The second-order valence-corrected chi connectivity index (χ2v) is 3.44. The molecule has 5 heteroatoms. The number of aromatic amines is 1. The number of hydrogen-bond donors (Lipinski definition) is 3. The van der Waals surface area contributed by atoms with Gasteiger partial charge < -0.3 is 10.4 Å². The van der Waals surface area contributed by atoms with Gasteiger partial charge in [-0.3, -0.25) is 9.89 Å². The molecule has 0 unspecified atom stereocenters. The first-order valence-corrected chi connectivity index (χ1v) is 4.76. The van der Waals surface area contributed by atoms with Crippen molar-refractivity contribution in [3.63, 3.8) is 0 Å². The molecule has 0 atom stereocenters. The Labute approximate surface area is 92.1 Å². The monoisotopic (exact) mass is 217 g/mol. The van der Waals surface area contributed by atoms with Crippen molar-refractivity contribution < 1.29 is 9.90 Å². The maximum atomic E-state index is 11.8. The Morgan fingerprint density at radius 2 is 2.31 bits per heavy atom. The van der Waals surface area contributed by atoms with Gasteiger partial charge in [0.15, 0.2) is 0 Å². The van der Waals surface area contributed by atoms with E-state index < -0.39 is 0 Å². The first-order valence-electron chi connectivity index (χ1n) is 4.76. The largest absolute Gasteiger partial charge is 0.508 e. The van der Waals surface area contributed by atoms with Gasteiger partial charge in [0.2, 0.25) is 0 Å². The molecule has 0 aliphatic carbocycles. The second kappa shape index (κ2) is 4.06. The molecule has 0 spiro atoms. The fourth-order valence-electron chi connectivity index (χ4n) is 1.42. The molecular formula is C11H11N3O2. The summed E-state index contributed by atoms with van der Waals surface area (Å²) in [4.78, 5) is 11.8. The van der Waals surface area contributed by atoms with Gasteiger partial charge in [0.1, 0.15) is 5.75 Å². The molecule has 2 aromatic rings. The van der Waals surface area contributed by atoms with Gasteiger partial charge in [0.05, 0.1) is 11.9 Å². The number of carbonyl (C=O) groups excluding carboxylic acids is 1. The molecule has 1 amide bonds. The summed E-state index contributed by atoms with van der Waals surface area (Å²) < 4.78 is 0. The van der Waals surface area contributed by atoms with E-state index >= 15 is 0 Å². The molecule has 5 nitrogen and oxygen atoms in total. The Hall–Kier alpha value is -2.30. The van der Waals surface area contributed by atoms with Crippen LogP contribution < -0.4 is 5.32 Å². The van der Waals surface area contributed by atoms with Crippen molar-refractivity contribution in [2.75, 3.05) is 5.32 Å². The highest BCUT2D eigenvalue weighted by molar-refractivity contribution is 6.05. The smallest absolute Gasteiger partial charge is 0.256 e. The fourth-order valence-corrected chi connectivity index (χ4v) is 1.42. The molecule has 2 rings (SSSR count). The summed E-state index contributed by atoms with van der Waals surface area (Å²) in [5.74, 6) is -0.0729. The average Bonchev–Trinajstić information content (AvgIpc) is 2.70. The zero-order valence-electron chi connectivity index (χ0n) is 8.69. The second-order valence-electron chi connectivity index (χ2n) is 3.44. The molecule has 0 saturated heterocycles. The summed E-state index contributed by atoms with van der Waals surface area (Å²) in [6.45, 7) is 1.77. The topological polar surface area (TPSA) is 78.0 Å². The van der Waals surface area contributed by atoms with Crippen molar-refractivity contribution in [2.24, 2.45) is 0 Å². The van der Waals surface area contributed by atoms with Crippen LogP contribution >= 0.6 is 0 Å². The van der Waals surface area contributed by atoms with Crippen LogP contribution in [-0.2, 0) is 0 Å². The summed E-state index contributed by atoms with van der Waals surface area (Å²) in [5, 5.41) is 18.2. The van der Waals surface area contributed by atoms with Crippen molar-refractivity contribution >= 4 is 11.6 Å². The predicted octanol–water partition coefficient (Wildman–Crippen LogP) is 1.68. The number of anilines is 1. The highest BCUT2D eigenvalue weighted by Gasteiger charge is 2.09. The first-order chi connectivity index (χ1) is 7.66. The molecule has 1 aromatic carbocycles. The average molecular weight is 217 g/mol. The Bertz CT molecular complexity index is 506. The molecule has 0 saturated carbocycles. The number of phenols is 1. The molecule has 0 aliphatic heterocycles. The van der Waals surface area contributed by atoms with Crippen molar-refractivity contribution in [1.29, 1.82) is 0 Å². The number of nitrogens with zero attached hydrogens (tertiary/aromatic N) is 1. The van der Waals surface area contributed by atoms with Crippen molar-refractivity contribution in [1.82, 2.24) is 10.2 Å². The number of carbonyl (C=O) groups is 1. The van der Waals surface area contributed by atoms with Crippen molar-refractivity contribution in [3.8, 4) is 5.75 Å². The van der Waals surface area contributed by atoms with E-state index in [1.807, 2.05) is 0 Å². The molecule has 82 valence electrons. The van der Waals surface area contributed by atoms with Crippen LogP contribution in [0.5, 0.6) is 5.75 Å². The quantitative estimate of drug-likeness (QED) is 0.716. The SMILES string of the molecule is Cc1cc(O)ccc1C(=O)Nc1cn[nH]c1. The van der Waals surface area contributed by atoms with E-state index in [-0.39, 0.29) is 11.7 Å². The van der Waals surface area contributed by atoms with Crippen LogP contribution in [0.3, 0.4) is 0 Å². The molecule has 0 bridgehead atoms. The van der Waals surface area contributed by atoms with Gasteiger partial charge in [0, 0.05) is 11.8 Å². The molecule has 0 aliphatic rings. The standard InChI is InChI=1S/C11H11N3O2/c1-7-4-9(15)2-3-10(7)11(16)14-8-5-12-13-6-8/h2-6,15H,1H3,(H,12,13)(H,14,16). The van der Waals surface area contributed by atoms with E-state index in [2.05, 4.69) is 15.5 Å². The third-order valence-corrected chi connectivity index (χ3v) is 2.21. The minimum atomic E-state index is -0.223. The van der Waals surface area contributed by atoms with Gasteiger partial charge in [-0.25, -0.2) is 0 Å². The van der Waals surface area contributed by atoms with Crippen LogP contribution in [0.2, 0.25) is 0 Å². The number of amides is 1. The van der Waals surface area contributed by atoms with Gasteiger partial charge in [-0.1, -0.05) is 0 Å². The first kappa shape index (κ1) is 10.2. The molecule has 16 heavy (non-hydrogen) atoms. The van der Waals surface area contributed by atoms with Crippen LogP contribution in [-0.4, -0.2) is 21.2 Å². The van der Waals surface area contributed by atoms with Crippen LogP contribution in [0.4, 0.5) is 5.69 Å². The summed E-state index contributed by atoms with van der Waals surface area (Å²) in [6.07, 6.45) is 3.11. The van der Waals surface area contributed by atoms with E-state index in [1.54, 1.807) is 25.3 Å². The number of aromatic hydroxyl groups is 1. The summed E-state index contributed by atoms with van der Waals surface area (Å²) in [7, 11) is 0. The minimum Gasteiger partial charge on any atom is -0.508 e. The van der Waals surface area contributed by atoms with Crippen molar-refractivity contribution in [3.05, 3.63) is 41.7 Å². The normalized spacial score (nSPS) is 10.1. The van der Waals surface area contributed by atoms with Gasteiger partial charge in [-0.15, -0.1) is 0 Å². The molecule has 1 aromatic heterocycles. The molecule has 3 N–H and O–H groups in total. The van der Waals surface area contributed by atoms with E-state index in [1.165, 1.54) is 12.3 Å². The van der Waals surface area contributed by atoms with E-state index in [9.17, 15) is 9.90 Å². The minimum absolute atomic E-state index is 0.150. The van der Waals surface area contributed by atoms with E-state index in [0.717, 1.165) is 5.56 Å². The Balaban J connectivity index is 2.21. The predicted molar refractivity (Wildman–Crippen MR) is 59.4 cm³/mol. The van der Waals surface area contributed by atoms with E-state index in [0.29, 0.717) is 11.3 Å². The van der Waals surface area contributed by atoms with Crippen LogP contribution in [0.1, 0.15) is 15.9 Å². The lowest BCUT2D eigenvalue weighted by atomic mass is 10.1. The van der Waals surface area contributed by atoms with Gasteiger partial charge in [0.25, 0.3) is 5.91 Å². The van der Waals surface area contributed by atoms with Gasteiger partial charge in [-0.2, -0.15) is 5.10 Å². The number of H-pyrrole nitrogens is 1. The lowest BCUT2D eigenvalue weighted by Gasteiger charge is -2.05. The maximum Gasteiger partial charge on any atom is 0.256 e. The van der Waals surface area contributed by atoms with Crippen LogP contribution in [0, 0.1) is 6.92 Å². The zero-order valence-corrected chi connectivity index (χ0v) is 8.69. The third kappa shape index (κ3) is 2.03. The lowest BCUT2D eigenvalue weighted by molar-refractivity contribution is 0.102. The zero-order chi connectivity index (χ0) is 11.5. The number of nitrogens with one attached hydrogen (secondary N) is 2. The lowest BCUT2D eigenvalue weighted by Crippen LogP contribution is -2.12. The highest BCUT2D eigenvalue weighted by Crippen LogP contribution is 2.16. The third-order valence-electron chi connectivity index (χ3n) is 2.21. The molecule has 1 heterocycles.